The first kappa shape index (κ1) is 33.1. The molecule has 9 rings (SSSR count). The van der Waals surface area contributed by atoms with Crippen LogP contribution in [0, 0.1) is 12.0 Å². The second kappa shape index (κ2) is 15.2. The third kappa shape index (κ3) is 8.85. The molecule has 1 heterocycles. The third-order valence-corrected chi connectivity index (χ3v) is 7.82. The number of fused-ring (bicyclic) bond motifs is 1. The molecular weight excluding hydrogens is 719 g/mol. The van der Waals surface area contributed by atoms with E-state index in [1.807, 2.05) is 6.20 Å². The number of aliphatic hydroxyl groups is 1. The van der Waals surface area contributed by atoms with Gasteiger partial charge >= 0.3 is 0 Å². The standard InChI is InChI=1S/C35H32N.C5H8O2.Ir/c1-24(2)19-28-11-14-32-23-36-35(22-33(32)20-28)31-17-15-30(16-18-31)34-21-27-8-7-25-3-5-26(6-4-25)9-12-29(34)13-10-27;1-4(6)3-5(2)7;/h3-6,10-11,13-17,20-24H,7-9,12,19H2,1-2H3;3,6H,1-2H3;/q-1;;. The Morgan fingerprint density at radius 2 is 1.52 bits per heavy atom. The number of aliphatic hydroxyl groups excluding tert-OH is 1. The van der Waals surface area contributed by atoms with Crippen molar-refractivity contribution >= 4 is 16.6 Å². The van der Waals surface area contributed by atoms with Crippen molar-refractivity contribution in [1.82, 2.24) is 4.98 Å². The molecule has 0 unspecified atom stereocenters. The number of nitrogens with zero attached hydrogens (tertiary/aromatic N) is 1. The van der Waals surface area contributed by atoms with Crippen LogP contribution >= 0.6 is 0 Å². The van der Waals surface area contributed by atoms with Gasteiger partial charge in [0, 0.05) is 32.4 Å². The molecule has 5 aromatic rings. The van der Waals surface area contributed by atoms with Crippen LogP contribution in [0.3, 0.4) is 0 Å². The van der Waals surface area contributed by atoms with Crippen LogP contribution in [0.15, 0.2) is 103 Å². The largest absolute Gasteiger partial charge is 0.512 e. The van der Waals surface area contributed by atoms with Crippen molar-refractivity contribution in [2.75, 3.05) is 0 Å². The van der Waals surface area contributed by atoms with E-state index in [9.17, 15) is 4.79 Å². The molecule has 1 radical (unpaired) electrons. The summed E-state index contributed by atoms with van der Waals surface area (Å²) >= 11 is 0. The molecule has 3 nitrogen and oxygen atoms in total. The van der Waals surface area contributed by atoms with Gasteiger partial charge in [0.05, 0.1) is 5.76 Å². The molecule has 0 amide bonds. The maximum Gasteiger partial charge on any atom is 0.155 e. The summed E-state index contributed by atoms with van der Waals surface area (Å²) in [6, 6.07) is 35.3. The number of benzene rings is 4. The summed E-state index contributed by atoms with van der Waals surface area (Å²) in [6.45, 7) is 7.39. The number of carbonyl (C=O) groups is 1. The molecule has 4 bridgehead atoms. The van der Waals surface area contributed by atoms with E-state index in [0.29, 0.717) is 5.92 Å². The second-order valence-corrected chi connectivity index (χ2v) is 12.0. The van der Waals surface area contributed by atoms with Crippen molar-refractivity contribution in [3.8, 4) is 22.4 Å². The van der Waals surface area contributed by atoms with E-state index < -0.39 is 0 Å². The topological polar surface area (TPSA) is 50.2 Å². The van der Waals surface area contributed by atoms with E-state index in [2.05, 4.69) is 105 Å². The summed E-state index contributed by atoms with van der Waals surface area (Å²) < 4.78 is 0. The summed E-state index contributed by atoms with van der Waals surface area (Å²) in [5.41, 5.74) is 11.6. The second-order valence-electron chi connectivity index (χ2n) is 12.0. The van der Waals surface area contributed by atoms with E-state index in [1.165, 1.54) is 69.6 Å². The molecule has 227 valence electrons. The van der Waals surface area contributed by atoms with Crippen molar-refractivity contribution in [3.05, 3.63) is 137 Å². The van der Waals surface area contributed by atoms with Gasteiger partial charge in [-0.3, -0.25) is 4.79 Å². The molecule has 0 fully saturated rings. The van der Waals surface area contributed by atoms with E-state index >= 15 is 0 Å². The van der Waals surface area contributed by atoms with Crippen molar-refractivity contribution in [1.29, 1.82) is 0 Å². The summed E-state index contributed by atoms with van der Waals surface area (Å²) in [5.74, 6) is 0.587. The van der Waals surface area contributed by atoms with E-state index in [0.717, 1.165) is 43.4 Å². The number of hydrogen-bond donors (Lipinski definition) is 1. The van der Waals surface area contributed by atoms with Gasteiger partial charge in [0.2, 0.25) is 0 Å². The molecule has 4 aromatic carbocycles. The van der Waals surface area contributed by atoms with Crippen molar-refractivity contribution in [3.63, 3.8) is 0 Å². The molecule has 0 saturated carbocycles. The van der Waals surface area contributed by atoms with Crippen molar-refractivity contribution in [2.24, 2.45) is 5.92 Å². The zero-order valence-corrected chi connectivity index (χ0v) is 28.4. The SMILES string of the molecule is CC(=O)C=C(C)O.CC(C)Cc1ccc2cnc(-c3[c-]cc(-c4cc5ccc4CCc4ccc(cc4)CC5)cc3)cc2c1.[Ir]. The van der Waals surface area contributed by atoms with Gasteiger partial charge in [-0.1, -0.05) is 91.7 Å². The molecule has 0 aliphatic heterocycles. The molecule has 4 aliphatic rings. The number of carbonyl (C=O) groups excluding carboxylic acids is 1. The zero-order valence-electron chi connectivity index (χ0n) is 26.0. The Hall–Kier alpha value is -3.85. The number of ketones is 1. The smallest absolute Gasteiger partial charge is 0.155 e. The Bertz CT molecular complexity index is 1750. The fraction of sp³-hybridized carbons (Fsp3) is 0.250. The van der Waals surface area contributed by atoms with Crippen LogP contribution in [-0.2, 0) is 57.0 Å². The van der Waals surface area contributed by atoms with Crippen molar-refractivity contribution < 1.29 is 30.0 Å². The van der Waals surface area contributed by atoms with Crippen LogP contribution in [0.4, 0.5) is 0 Å². The summed E-state index contributed by atoms with van der Waals surface area (Å²) in [7, 11) is 0. The molecule has 1 aromatic heterocycles. The average Bonchev–Trinajstić information content (AvgIpc) is 2.97. The average molecular weight is 759 g/mol. The Morgan fingerprint density at radius 1 is 0.841 bits per heavy atom. The molecule has 0 spiro atoms. The van der Waals surface area contributed by atoms with Gasteiger partial charge < -0.3 is 10.1 Å². The minimum Gasteiger partial charge on any atom is -0.512 e. The zero-order chi connectivity index (χ0) is 30.3. The maximum atomic E-state index is 10.0. The van der Waals surface area contributed by atoms with Gasteiger partial charge in [-0.25, -0.2) is 0 Å². The molecule has 44 heavy (non-hydrogen) atoms. The Balaban J connectivity index is 0.000000497. The molecule has 4 heteroatoms. The summed E-state index contributed by atoms with van der Waals surface area (Å²) in [5, 5.41) is 10.8. The van der Waals surface area contributed by atoms with Crippen LogP contribution < -0.4 is 0 Å². The fourth-order valence-electron chi connectivity index (χ4n) is 5.69. The minimum absolute atomic E-state index is 0. The normalized spacial score (nSPS) is 12.6. The van der Waals surface area contributed by atoms with Gasteiger partial charge in [-0.15, -0.1) is 29.8 Å². The van der Waals surface area contributed by atoms with Crippen LogP contribution in [0.2, 0.25) is 0 Å². The fourth-order valence-corrected chi connectivity index (χ4v) is 5.69. The van der Waals surface area contributed by atoms with Crippen LogP contribution in [0.5, 0.6) is 0 Å². The van der Waals surface area contributed by atoms with Crippen LogP contribution in [0.25, 0.3) is 33.2 Å². The molecule has 0 saturated heterocycles. The number of pyridine rings is 1. The van der Waals surface area contributed by atoms with E-state index in [4.69, 9.17) is 10.1 Å². The number of allylic oxidation sites excluding steroid dienone is 2. The maximum absolute atomic E-state index is 10.0. The molecular formula is C40H40IrNO2-. The molecule has 4 aliphatic carbocycles. The quantitative estimate of drug-likeness (QED) is 0.110. The third-order valence-electron chi connectivity index (χ3n) is 7.82. The number of aryl methyl sites for hydroxylation is 4. The molecule has 0 atom stereocenters. The van der Waals surface area contributed by atoms with Crippen LogP contribution in [0.1, 0.15) is 55.5 Å². The van der Waals surface area contributed by atoms with Gasteiger partial charge in [0.15, 0.2) is 5.78 Å². The van der Waals surface area contributed by atoms with Gasteiger partial charge in [0.25, 0.3) is 0 Å². The monoisotopic (exact) mass is 759 g/mol. The van der Waals surface area contributed by atoms with Gasteiger partial charge in [0.1, 0.15) is 0 Å². The van der Waals surface area contributed by atoms with E-state index in [-0.39, 0.29) is 31.6 Å². The Labute approximate surface area is 275 Å². The number of aromatic nitrogens is 1. The Kier molecular flexibility index (Phi) is 11.4. The predicted molar refractivity (Wildman–Crippen MR) is 178 cm³/mol. The van der Waals surface area contributed by atoms with Gasteiger partial charge in [-0.05, 0) is 96.2 Å². The number of rotatable bonds is 5. The summed E-state index contributed by atoms with van der Waals surface area (Å²) in [4.78, 5) is 14.8. The van der Waals surface area contributed by atoms with E-state index in [1.54, 1.807) is 0 Å². The number of hydrogen-bond acceptors (Lipinski definition) is 3. The van der Waals surface area contributed by atoms with Gasteiger partial charge in [-0.2, -0.15) is 0 Å². The van der Waals surface area contributed by atoms with Crippen LogP contribution in [-0.4, -0.2) is 15.9 Å². The Morgan fingerprint density at radius 3 is 2.14 bits per heavy atom. The first-order valence-corrected chi connectivity index (χ1v) is 15.2. The minimum atomic E-state index is -0.125. The molecule has 1 N–H and O–H groups in total. The first-order chi connectivity index (χ1) is 20.7. The predicted octanol–water partition coefficient (Wildman–Crippen LogP) is 9.49. The summed E-state index contributed by atoms with van der Waals surface area (Å²) in [6.07, 6.45) is 8.51. The van der Waals surface area contributed by atoms with Crippen molar-refractivity contribution in [2.45, 2.75) is 59.8 Å². The first-order valence-electron chi connectivity index (χ1n) is 15.2.